The van der Waals surface area contributed by atoms with Gasteiger partial charge in [-0.3, -0.25) is 4.79 Å². The third kappa shape index (κ3) is 6.79. The van der Waals surface area contributed by atoms with E-state index in [1.165, 1.54) is 12.5 Å². The number of sulfonamides is 1. The van der Waals surface area contributed by atoms with Gasteiger partial charge in [-0.2, -0.15) is 0 Å². The standard InChI is InChI=1S/C26H34FN3O3S/c27-22-11-12-24-23(16-22)21(17-29-24)13-14-28-26(31)25(15-19-7-3-1-4-8-19)30-34(32,33)18-20-9-5-2-6-10-20/h2,5-6,9-12,16,19,21,25,29-30H,1,3-4,7-8,13-15,17-18H2,(H,28,31)/t21?,25-/m0/s1. The highest BCUT2D eigenvalue weighted by atomic mass is 32.2. The molecule has 1 unspecified atom stereocenters. The average molecular weight is 488 g/mol. The molecule has 1 amide bonds. The van der Waals surface area contributed by atoms with Gasteiger partial charge in [0.25, 0.3) is 0 Å². The van der Waals surface area contributed by atoms with Crippen LogP contribution >= 0.6 is 0 Å². The zero-order chi connectivity index (χ0) is 24.0. The number of benzene rings is 2. The second-order valence-corrected chi connectivity index (χ2v) is 11.3. The molecule has 4 rings (SSSR count). The second kappa shape index (κ2) is 11.3. The van der Waals surface area contributed by atoms with Crippen LogP contribution in [-0.2, 0) is 20.6 Å². The molecule has 2 atom stereocenters. The van der Waals surface area contributed by atoms with Gasteiger partial charge < -0.3 is 10.6 Å². The second-order valence-electron chi connectivity index (χ2n) is 9.54. The summed E-state index contributed by atoms with van der Waals surface area (Å²) in [7, 11) is -3.68. The lowest BCUT2D eigenvalue weighted by Gasteiger charge is -2.26. The van der Waals surface area contributed by atoms with Crippen molar-refractivity contribution in [3.63, 3.8) is 0 Å². The van der Waals surface area contributed by atoms with Crippen LogP contribution < -0.4 is 15.4 Å². The van der Waals surface area contributed by atoms with Crippen molar-refractivity contribution >= 4 is 21.6 Å². The Balaban J connectivity index is 1.37. The van der Waals surface area contributed by atoms with Crippen LogP contribution in [0.2, 0.25) is 0 Å². The lowest BCUT2D eigenvalue weighted by Crippen LogP contribution is -2.48. The number of hydrogen-bond acceptors (Lipinski definition) is 4. The van der Waals surface area contributed by atoms with Gasteiger partial charge in [-0.15, -0.1) is 0 Å². The minimum absolute atomic E-state index is 0.109. The fraction of sp³-hybridized carbons (Fsp3) is 0.500. The van der Waals surface area contributed by atoms with Gasteiger partial charge in [-0.25, -0.2) is 17.5 Å². The number of anilines is 1. The Kier molecular flexibility index (Phi) is 8.21. The molecule has 1 aliphatic heterocycles. The van der Waals surface area contributed by atoms with Crippen molar-refractivity contribution in [2.75, 3.05) is 18.4 Å². The lowest BCUT2D eigenvalue weighted by atomic mass is 9.85. The van der Waals surface area contributed by atoms with E-state index < -0.39 is 16.1 Å². The maximum atomic E-state index is 13.7. The van der Waals surface area contributed by atoms with Gasteiger partial charge in [0.05, 0.1) is 5.75 Å². The summed E-state index contributed by atoms with van der Waals surface area (Å²) >= 11 is 0. The van der Waals surface area contributed by atoms with E-state index in [0.717, 1.165) is 36.9 Å². The molecule has 1 aliphatic carbocycles. The van der Waals surface area contributed by atoms with Gasteiger partial charge in [0.2, 0.25) is 15.9 Å². The zero-order valence-corrected chi connectivity index (χ0v) is 20.2. The number of fused-ring (bicyclic) bond motifs is 1. The number of rotatable bonds is 10. The Labute approximate surface area is 201 Å². The fourth-order valence-electron chi connectivity index (χ4n) is 5.14. The van der Waals surface area contributed by atoms with Crippen LogP contribution in [0.3, 0.4) is 0 Å². The fourth-order valence-corrected chi connectivity index (χ4v) is 6.49. The number of amides is 1. The number of carbonyl (C=O) groups is 1. The van der Waals surface area contributed by atoms with E-state index in [9.17, 15) is 17.6 Å². The molecule has 0 spiro atoms. The largest absolute Gasteiger partial charge is 0.384 e. The molecule has 0 radical (unpaired) electrons. The quantitative estimate of drug-likeness (QED) is 0.466. The number of hydrogen-bond donors (Lipinski definition) is 3. The Morgan fingerprint density at radius 2 is 1.85 bits per heavy atom. The van der Waals surface area contributed by atoms with Gasteiger partial charge in [0.15, 0.2) is 0 Å². The first kappa shape index (κ1) is 24.7. The number of nitrogens with one attached hydrogen (secondary N) is 3. The molecule has 2 aromatic rings. The Bertz CT molecular complexity index is 1070. The molecule has 184 valence electrons. The van der Waals surface area contributed by atoms with Gasteiger partial charge >= 0.3 is 0 Å². The molecule has 2 aliphatic rings. The molecule has 8 heteroatoms. The third-order valence-corrected chi connectivity index (χ3v) is 8.27. The first-order valence-electron chi connectivity index (χ1n) is 12.2. The van der Waals surface area contributed by atoms with Crippen LogP contribution in [0.1, 0.15) is 62.0 Å². The molecule has 3 N–H and O–H groups in total. The Hall–Kier alpha value is -2.45. The van der Waals surface area contributed by atoms with Crippen molar-refractivity contribution in [2.45, 2.75) is 62.7 Å². The smallest absolute Gasteiger partial charge is 0.238 e. The van der Waals surface area contributed by atoms with Crippen LogP contribution in [0.4, 0.5) is 10.1 Å². The minimum Gasteiger partial charge on any atom is -0.384 e. The maximum Gasteiger partial charge on any atom is 0.238 e. The molecular weight excluding hydrogens is 453 g/mol. The molecule has 0 bridgehead atoms. The summed E-state index contributed by atoms with van der Waals surface area (Å²) < 4.78 is 42.1. The summed E-state index contributed by atoms with van der Waals surface area (Å²) in [6.45, 7) is 1.10. The van der Waals surface area contributed by atoms with Crippen molar-refractivity contribution < 1.29 is 17.6 Å². The van der Waals surface area contributed by atoms with E-state index >= 15 is 0 Å². The SMILES string of the molecule is O=C(NCCC1CNc2ccc(F)cc21)[C@H](CC1CCCCC1)NS(=O)(=O)Cc1ccccc1. The highest BCUT2D eigenvalue weighted by Crippen LogP contribution is 2.33. The normalized spacial score (nSPS) is 19.3. The van der Waals surface area contributed by atoms with Crippen LogP contribution in [-0.4, -0.2) is 33.5 Å². The summed E-state index contributed by atoms with van der Waals surface area (Å²) in [6.07, 6.45) is 6.67. The van der Waals surface area contributed by atoms with Gasteiger partial charge in [0.1, 0.15) is 11.9 Å². The van der Waals surface area contributed by atoms with Crippen molar-refractivity contribution in [1.29, 1.82) is 0 Å². The summed E-state index contributed by atoms with van der Waals surface area (Å²) in [5.41, 5.74) is 2.55. The van der Waals surface area contributed by atoms with Gasteiger partial charge in [-0.05, 0) is 48.1 Å². The number of carbonyl (C=O) groups excluding carboxylic acids is 1. The molecule has 1 fully saturated rings. The van der Waals surface area contributed by atoms with E-state index in [2.05, 4.69) is 15.4 Å². The van der Waals surface area contributed by atoms with E-state index in [4.69, 9.17) is 0 Å². The number of halogens is 1. The van der Waals surface area contributed by atoms with Crippen LogP contribution in [0.5, 0.6) is 0 Å². The van der Waals surface area contributed by atoms with Crippen LogP contribution in [0.25, 0.3) is 0 Å². The predicted octanol–water partition coefficient (Wildman–Crippen LogP) is 4.30. The van der Waals surface area contributed by atoms with Crippen molar-refractivity contribution in [2.24, 2.45) is 5.92 Å². The molecule has 0 aromatic heterocycles. The Morgan fingerprint density at radius 1 is 1.09 bits per heavy atom. The van der Waals surface area contributed by atoms with E-state index in [0.29, 0.717) is 37.4 Å². The van der Waals surface area contributed by atoms with Crippen LogP contribution in [0.15, 0.2) is 48.5 Å². The highest BCUT2D eigenvalue weighted by molar-refractivity contribution is 7.88. The monoisotopic (exact) mass is 487 g/mol. The molecule has 1 heterocycles. The van der Waals surface area contributed by atoms with E-state index in [1.807, 2.05) is 6.07 Å². The molecule has 6 nitrogen and oxygen atoms in total. The third-order valence-electron chi connectivity index (χ3n) is 6.92. The molecular formula is C26H34FN3O3S. The van der Waals surface area contributed by atoms with Crippen LogP contribution in [0, 0.1) is 11.7 Å². The first-order chi connectivity index (χ1) is 16.4. The topological polar surface area (TPSA) is 87.3 Å². The Morgan fingerprint density at radius 3 is 2.62 bits per heavy atom. The highest BCUT2D eigenvalue weighted by Gasteiger charge is 2.29. The van der Waals surface area contributed by atoms with Crippen molar-refractivity contribution in [1.82, 2.24) is 10.0 Å². The van der Waals surface area contributed by atoms with E-state index in [-0.39, 0.29) is 23.4 Å². The molecule has 2 aromatic carbocycles. The summed E-state index contributed by atoms with van der Waals surface area (Å²) in [5.74, 6) is -0.252. The summed E-state index contributed by atoms with van der Waals surface area (Å²) in [4.78, 5) is 13.1. The average Bonchev–Trinajstić information content (AvgIpc) is 3.21. The zero-order valence-electron chi connectivity index (χ0n) is 19.4. The van der Waals surface area contributed by atoms with Crippen molar-refractivity contribution in [3.05, 3.63) is 65.5 Å². The molecule has 34 heavy (non-hydrogen) atoms. The van der Waals surface area contributed by atoms with Gasteiger partial charge in [0, 0.05) is 24.7 Å². The summed E-state index contributed by atoms with van der Waals surface area (Å²) in [6, 6.07) is 12.9. The first-order valence-corrected chi connectivity index (χ1v) is 13.9. The summed E-state index contributed by atoms with van der Waals surface area (Å²) in [5, 5.41) is 6.22. The lowest BCUT2D eigenvalue weighted by molar-refractivity contribution is -0.123. The molecule has 1 saturated carbocycles. The van der Waals surface area contributed by atoms with E-state index in [1.54, 1.807) is 36.4 Å². The maximum absolute atomic E-state index is 13.7. The predicted molar refractivity (Wildman–Crippen MR) is 132 cm³/mol. The van der Waals surface area contributed by atoms with Gasteiger partial charge in [-0.1, -0.05) is 62.4 Å². The minimum atomic E-state index is -3.68. The molecule has 0 saturated heterocycles. The van der Waals surface area contributed by atoms with Crippen molar-refractivity contribution in [3.8, 4) is 0 Å².